The quantitative estimate of drug-likeness (QED) is 0.614. The van der Waals surface area contributed by atoms with Gasteiger partial charge in [0.2, 0.25) is 0 Å². The van der Waals surface area contributed by atoms with Crippen LogP contribution >= 0.6 is 11.6 Å². The molecule has 0 unspecified atom stereocenters. The van der Waals surface area contributed by atoms with Gasteiger partial charge in [0.25, 0.3) is 0 Å². The molecule has 176 valence electrons. The van der Waals surface area contributed by atoms with Crippen LogP contribution in [0.5, 0.6) is 5.75 Å². The van der Waals surface area contributed by atoms with Crippen LogP contribution in [0.15, 0.2) is 24.4 Å². The molecule has 5 rings (SSSR count). The number of carbonyl (C=O) groups excluding carboxylic acids is 1. The number of likely N-dealkylation sites (tertiary alicyclic amines) is 1. The summed E-state index contributed by atoms with van der Waals surface area (Å²) < 4.78 is 17.2. The zero-order valence-electron chi connectivity index (χ0n) is 19.3. The molecule has 0 radical (unpaired) electrons. The van der Waals surface area contributed by atoms with E-state index in [2.05, 4.69) is 22.4 Å². The second-order valence-corrected chi connectivity index (χ2v) is 10.4. The summed E-state index contributed by atoms with van der Waals surface area (Å²) in [6.45, 7) is 8.82. The maximum Gasteiger partial charge on any atom is 0.410 e. The first kappa shape index (κ1) is 22.3. The highest BCUT2D eigenvalue weighted by molar-refractivity contribution is 6.32. The smallest absolute Gasteiger partial charge is 0.410 e. The van der Waals surface area contributed by atoms with Gasteiger partial charge < -0.3 is 24.4 Å². The van der Waals surface area contributed by atoms with Gasteiger partial charge in [-0.1, -0.05) is 11.6 Å². The van der Waals surface area contributed by atoms with Crippen molar-refractivity contribution in [3.63, 3.8) is 0 Å². The van der Waals surface area contributed by atoms with Gasteiger partial charge in [-0.05, 0) is 68.9 Å². The summed E-state index contributed by atoms with van der Waals surface area (Å²) in [5.41, 5.74) is 3.73. The van der Waals surface area contributed by atoms with Gasteiger partial charge in [0.05, 0.1) is 10.7 Å². The van der Waals surface area contributed by atoms with E-state index in [1.54, 1.807) is 4.90 Å². The van der Waals surface area contributed by atoms with Crippen LogP contribution in [0.3, 0.4) is 0 Å². The molecule has 3 aliphatic rings. The van der Waals surface area contributed by atoms with E-state index >= 15 is 0 Å². The molecule has 2 aromatic rings. The number of amides is 1. The number of hydrogen-bond acceptors (Lipinski definition) is 6. The van der Waals surface area contributed by atoms with Gasteiger partial charge in [-0.3, -0.25) is 0 Å². The van der Waals surface area contributed by atoms with Gasteiger partial charge in [-0.15, -0.1) is 0 Å². The van der Waals surface area contributed by atoms with Gasteiger partial charge in [-0.25, -0.2) is 9.78 Å². The standard InChI is InChI=1S/C25H30ClN3O4/c1-25(2,3)33-24(30)29-12-17(13-29)16-10-20(26)22-21(11-16)28-23-19(14-32-22)18(4-7-27-23)15-5-8-31-9-6-15/h4,7,10-11,15,17H,5-6,8-9,12-14H2,1-3H3,(H,27,28). The first-order chi connectivity index (χ1) is 15.8. The van der Waals surface area contributed by atoms with E-state index in [4.69, 9.17) is 25.8 Å². The van der Waals surface area contributed by atoms with Crippen molar-refractivity contribution in [1.29, 1.82) is 0 Å². The number of ether oxygens (including phenoxy) is 3. The maximum absolute atomic E-state index is 12.3. The minimum Gasteiger partial charge on any atom is -0.485 e. The van der Waals surface area contributed by atoms with Gasteiger partial charge >= 0.3 is 6.09 Å². The van der Waals surface area contributed by atoms with Crippen LogP contribution in [-0.4, -0.2) is 47.9 Å². The number of aromatic nitrogens is 1. The number of fused-ring (bicyclic) bond motifs is 2. The Balaban J connectivity index is 1.35. The third-order valence-electron chi connectivity index (χ3n) is 6.44. The summed E-state index contributed by atoms with van der Waals surface area (Å²) in [4.78, 5) is 18.6. The lowest BCUT2D eigenvalue weighted by Crippen LogP contribution is -2.50. The van der Waals surface area contributed by atoms with Crippen molar-refractivity contribution >= 4 is 29.2 Å². The molecule has 0 bridgehead atoms. The third-order valence-corrected chi connectivity index (χ3v) is 6.72. The number of anilines is 2. The van der Waals surface area contributed by atoms with Crippen molar-refractivity contribution < 1.29 is 19.0 Å². The second-order valence-electron chi connectivity index (χ2n) is 9.99. The lowest BCUT2D eigenvalue weighted by atomic mass is 9.89. The van der Waals surface area contributed by atoms with Crippen LogP contribution in [0.1, 0.15) is 62.1 Å². The summed E-state index contributed by atoms with van der Waals surface area (Å²) in [5, 5.41) is 4.04. The van der Waals surface area contributed by atoms with E-state index in [1.165, 1.54) is 5.56 Å². The number of pyridine rings is 1. The fourth-order valence-electron chi connectivity index (χ4n) is 4.68. The van der Waals surface area contributed by atoms with E-state index in [0.717, 1.165) is 48.7 Å². The highest BCUT2D eigenvalue weighted by Gasteiger charge is 2.35. The minimum absolute atomic E-state index is 0.200. The molecule has 33 heavy (non-hydrogen) atoms. The summed E-state index contributed by atoms with van der Waals surface area (Å²) in [5.74, 6) is 2.10. The highest BCUT2D eigenvalue weighted by atomic mass is 35.5. The fourth-order valence-corrected chi connectivity index (χ4v) is 4.97. The molecule has 2 fully saturated rings. The molecule has 0 atom stereocenters. The molecule has 1 amide bonds. The zero-order valence-corrected chi connectivity index (χ0v) is 20.1. The third kappa shape index (κ3) is 4.62. The normalized spacial score (nSPS) is 18.8. The Hall–Kier alpha value is -2.51. The summed E-state index contributed by atoms with van der Waals surface area (Å²) in [7, 11) is 0. The van der Waals surface area contributed by atoms with Crippen molar-refractivity contribution in [3.05, 3.63) is 46.1 Å². The van der Waals surface area contributed by atoms with Crippen LogP contribution < -0.4 is 10.1 Å². The molecule has 4 heterocycles. The Labute approximate surface area is 199 Å². The fraction of sp³-hybridized carbons (Fsp3) is 0.520. The van der Waals surface area contributed by atoms with E-state index in [-0.39, 0.29) is 12.0 Å². The van der Waals surface area contributed by atoms with Gasteiger partial charge in [0.1, 0.15) is 18.0 Å². The summed E-state index contributed by atoms with van der Waals surface area (Å²) in [6.07, 6.45) is 3.59. The summed E-state index contributed by atoms with van der Waals surface area (Å²) in [6, 6.07) is 6.11. The molecular weight excluding hydrogens is 442 g/mol. The average molecular weight is 472 g/mol. The molecule has 1 N–H and O–H groups in total. The predicted octanol–water partition coefficient (Wildman–Crippen LogP) is 5.60. The first-order valence-electron chi connectivity index (χ1n) is 11.5. The van der Waals surface area contributed by atoms with Crippen molar-refractivity contribution in [2.75, 3.05) is 31.6 Å². The molecule has 3 aliphatic heterocycles. The maximum atomic E-state index is 12.3. The van der Waals surface area contributed by atoms with Crippen LogP contribution in [0.2, 0.25) is 5.02 Å². The minimum atomic E-state index is -0.499. The number of carbonyl (C=O) groups is 1. The van der Waals surface area contributed by atoms with Gasteiger partial charge in [-0.2, -0.15) is 0 Å². The Morgan fingerprint density at radius 2 is 1.97 bits per heavy atom. The molecule has 2 saturated heterocycles. The van der Waals surface area contributed by atoms with Crippen LogP contribution in [0, 0.1) is 0 Å². The molecule has 0 aliphatic carbocycles. The number of halogens is 1. The van der Waals surface area contributed by atoms with Crippen LogP contribution in [0.25, 0.3) is 0 Å². The van der Waals surface area contributed by atoms with Crippen molar-refractivity contribution in [3.8, 4) is 5.75 Å². The lowest BCUT2D eigenvalue weighted by Gasteiger charge is -2.40. The van der Waals surface area contributed by atoms with Crippen LogP contribution in [-0.2, 0) is 16.1 Å². The highest BCUT2D eigenvalue weighted by Crippen LogP contribution is 2.44. The second kappa shape index (κ2) is 8.69. The van der Waals surface area contributed by atoms with Crippen LogP contribution in [0.4, 0.5) is 16.3 Å². The van der Waals surface area contributed by atoms with E-state index in [0.29, 0.717) is 36.4 Å². The van der Waals surface area contributed by atoms with Gasteiger partial charge in [0, 0.05) is 44.0 Å². The number of hydrogen-bond donors (Lipinski definition) is 1. The Morgan fingerprint density at radius 1 is 1.21 bits per heavy atom. The largest absolute Gasteiger partial charge is 0.485 e. The Bertz CT molecular complexity index is 1060. The topological polar surface area (TPSA) is 72.9 Å². The predicted molar refractivity (Wildman–Crippen MR) is 127 cm³/mol. The number of nitrogens with zero attached hydrogens (tertiary/aromatic N) is 2. The average Bonchev–Trinajstić information content (AvgIpc) is 2.91. The molecule has 0 saturated carbocycles. The number of rotatable bonds is 2. The van der Waals surface area contributed by atoms with Crippen molar-refractivity contribution in [1.82, 2.24) is 9.88 Å². The first-order valence-corrected chi connectivity index (χ1v) is 11.9. The van der Waals surface area contributed by atoms with E-state index in [9.17, 15) is 4.79 Å². The van der Waals surface area contributed by atoms with Crippen molar-refractivity contribution in [2.45, 2.75) is 57.7 Å². The monoisotopic (exact) mass is 471 g/mol. The number of nitrogens with one attached hydrogen (secondary N) is 1. The van der Waals surface area contributed by atoms with E-state index in [1.807, 2.05) is 33.0 Å². The van der Waals surface area contributed by atoms with E-state index < -0.39 is 5.60 Å². The molecule has 0 spiro atoms. The lowest BCUT2D eigenvalue weighted by molar-refractivity contribution is 0.00819. The van der Waals surface area contributed by atoms with Gasteiger partial charge in [0.15, 0.2) is 5.75 Å². The van der Waals surface area contributed by atoms with Crippen molar-refractivity contribution in [2.24, 2.45) is 0 Å². The molecule has 8 heteroatoms. The number of benzene rings is 1. The molecule has 1 aromatic heterocycles. The Kier molecular flexibility index (Phi) is 5.87. The zero-order chi connectivity index (χ0) is 23.2. The SMILES string of the molecule is CC(C)(C)OC(=O)N1CC(c2cc(Cl)c3c(c2)Nc2nccc(C4CCOCC4)c2CO3)C1. The summed E-state index contributed by atoms with van der Waals surface area (Å²) >= 11 is 6.66. The molecular formula is C25H30ClN3O4. The molecule has 7 nitrogen and oxygen atoms in total. The molecule has 1 aromatic carbocycles. The Morgan fingerprint density at radius 3 is 2.70 bits per heavy atom.